The number of nitrogens with two attached hydrogens (primary N) is 2. The molecule has 4 nitrogen and oxygen atoms in total. The van der Waals surface area contributed by atoms with E-state index in [0.29, 0.717) is 22.5 Å². The minimum atomic E-state index is 0.408. The molecule has 0 spiro atoms. The van der Waals surface area contributed by atoms with E-state index in [9.17, 15) is 0 Å². The van der Waals surface area contributed by atoms with Crippen LogP contribution in [-0.4, -0.2) is 9.66 Å². The van der Waals surface area contributed by atoms with Gasteiger partial charge in [0.15, 0.2) is 5.82 Å². The lowest BCUT2D eigenvalue weighted by Crippen LogP contribution is -2.19. The minimum absolute atomic E-state index is 0.408. The minimum Gasteiger partial charge on any atom is -0.382 e. The standard InChI is InChI=1S/C15H18BrClN4/c16-11-7-6-10(8-12(11)17)13-14(18)21(19)15(20-13)9-4-2-1-3-5-9/h6-9H,1-5,18-19H2. The van der Waals surface area contributed by atoms with Gasteiger partial charge in [0.2, 0.25) is 0 Å². The number of benzene rings is 1. The molecule has 0 amide bonds. The summed E-state index contributed by atoms with van der Waals surface area (Å²) < 4.78 is 2.40. The summed E-state index contributed by atoms with van der Waals surface area (Å²) in [5.41, 5.74) is 7.76. The van der Waals surface area contributed by atoms with E-state index in [2.05, 4.69) is 15.9 Å². The summed E-state index contributed by atoms with van der Waals surface area (Å²) in [4.78, 5) is 4.71. The maximum absolute atomic E-state index is 6.16. The van der Waals surface area contributed by atoms with Crippen LogP contribution in [0.1, 0.15) is 43.8 Å². The van der Waals surface area contributed by atoms with Crippen molar-refractivity contribution in [3.05, 3.63) is 33.5 Å². The van der Waals surface area contributed by atoms with Crippen molar-refractivity contribution in [3.8, 4) is 11.3 Å². The van der Waals surface area contributed by atoms with Crippen LogP contribution in [0.25, 0.3) is 11.3 Å². The fourth-order valence-electron chi connectivity index (χ4n) is 2.97. The monoisotopic (exact) mass is 368 g/mol. The van der Waals surface area contributed by atoms with Crippen molar-refractivity contribution in [2.75, 3.05) is 11.6 Å². The normalized spacial score (nSPS) is 16.3. The zero-order valence-electron chi connectivity index (χ0n) is 11.6. The lowest BCUT2D eigenvalue weighted by atomic mass is 9.89. The van der Waals surface area contributed by atoms with Gasteiger partial charge in [-0.3, -0.25) is 0 Å². The van der Waals surface area contributed by atoms with Gasteiger partial charge in [0, 0.05) is 16.0 Å². The summed E-state index contributed by atoms with van der Waals surface area (Å²) >= 11 is 9.55. The van der Waals surface area contributed by atoms with Crippen molar-refractivity contribution in [1.29, 1.82) is 0 Å². The maximum Gasteiger partial charge on any atom is 0.150 e. The molecule has 6 heteroatoms. The first kappa shape index (κ1) is 14.7. The zero-order chi connectivity index (χ0) is 15.0. The van der Waals surface area contributed by atoms with Crippen molar-refractivity contribution < 1.29 is 0 Å². The third-order valence-electron chi connectivity index (χ3n) is 4.14. The molecular weight excluding hydrogens is 352 g/mol. The predicted molar refractivity (Wildman–Crippen MR) is 90.8 cm³/mol. The molecular formula is C15H18BrClN4. The highest BCUT2D eigenvalue weighted by atomic mass is 79.9. The third kappa shape index (κ3) is 2.77. The molecule has 1 aromatic carbocycles. The molecule has 112 valence electrons. The zero-order valence-corrected chi connectivity index (χ0v) is 14.0. The smallest absolute Gasteiger partial charge is 0.150 e. The number of aromatic nitrogens is 2. The van der Waals surface area contributed by atoms with E-state index in [1.54, 1.807) is 4.68 Å². The summed E-state index contributed by atoms with van der Waals surface area (Å²) in [6, 6.07) is 5.70. The Hall–Kier alpha value is -1.20. The van der Waals surface area contributed by atoms with Crippen molar-refractivity contribution in [1.82, 2.24) is 9.66 Å². The Morgan fingerprint density at radius 1 is 1.24 bits per heavy atom. The topological polar surface area (TPSA) is 69.9 Å². The Morgan fingerprint density at radius 2 is 1.95 bits per heavy atom. The Balaban J connectivity index is 2.01. The second kappa shape index (κ2) is 5.89. The average molecular weight is 370 g/mol. The van der Waals surface area contributed by atoms with Crippen LogP contribution in [-0.2, 0) is 0 Å². The van der Waals surface area contributed by atoms with Crippen LogP contribution in [0, 0.1) is 0 Å². The van der Waals surface area contributed by atoms with Crippen molar-refractivity contribution >= 4 is 33.3 Å². The third-order valence-corrected chi connectivity index (χ3v) is 5.37. The summed E-state index contributed by atoms with van der Waals surface area (Å²) in [5.74, 6) is 7.92. The van der Waals surface area contributed by atoms with E-state index < -0.39 is 0 Å². The van der Waals surface area contributed by atoms with Crippen LogP contribution in [0.2, 0.25) is 5.02 Å². The largest absolute Gasteiger partial charge is 0.382 e. The molecule has 0 radical (unpaired) electrons. The van der Waals surface area contributed by atoms with Gasteiger partial charge in [-0.25, -0.2) is 9.66 Å². The number of imidazole rings is 1. The number of hydrogen-bond donors (Lipinski definition) is 2. The first-order chi connectivity index (χ1) is 10.1. The molecule has 21 heavy (non-hydrogen) atoms. The molecule has 3 rings (SSSR count). The summed E-state index contributed by atoms with van der Waals surface area (Å²) in [7, 11) is 0. The lowest BCUT2D eigenvalue weighted by Gasteiger charge is -2.20. The quantitative estimate of drug-likeness (QED) is 0.775. The molecule has 4 N–H and O–H groups in total. The average Bonchev–Trinajstić information content (AvgIpc) is 2.79. The van der Waals surface area contributed by atoms with Gasteiger partial charge in [-0.15, -0.1) is 0 Å². The fraction of sp³-hybridized carbons (Fsp3) is 0.400. The number of anilines is 1. The van der Waals surface area contributed by atoms with Crippen molar-refractivity contribution in [3.63, 3.8) is 0 Å². The Labute approximate surface area is 137 Å². The van der Waals surface area contributed by atoms with Gasteiger partial charge < -0.3 is 11.6 Å². The van der Waals surface area contributed by atoms with Crippen LogP contribution in [0.15, 0.2) is 22.7 Å². The number of nitrogens with zero attached hydrogens (tertiary/aromatic N) is 2. The summed E-state index contributed by atoms with van der Waals surface area (Å²) in [6.45, 7) is 0. The van der Waals surface area contributed by atoms with E-state index in [4.69, 9.17) is 28.2 Å². The van der Waals surface area contributed by atoms with E-state index in [1.165, 1.54) is 19.3 Å². The van der Waals surface area contributed by atoms with E-state index >= 15 is 0 Å². The number of nitrogen functional groups attached to an aromatic ring is 2. The van der Waals surface area contributed by atoms with E-state index in [-0.39, 0.29) is 0 Å². The van der Waals surface area contributed by atoms with E-state index in [1.807, 2.05) is 18.2 Å². The van der Waals surface area contributed by atoms with Gasteiger partial charge in [0.25, 0.3) is 0 Å². The number of hydrogen-bond acceptors (Lipinski definition) is 3. The van der Waals surface area contributed by atoms with E-state index in [0.717, 1.165) is 28.7 Å². The first-order valence-electron chi connectivity index (χ1n) is 7.16. The Morgan fingerprint density at radius 3 is 2.62 bits per heavy atom. The van der Waals surface area contributed by atoms with Gasteiger partial charge in [-0.1, -0.05) is 36.9 Å². The predicted octanol–water partition coefficient (Wildman–Crippen LogP) is 4.31. The Bertz CT molecular complexity index is 662. The van der Waals surface area contributed by atoms with Crippen LogP contribution >= 0.6 is 27.5 Å². The van der Waals surface area contributed by atoms with Gasteiger partial charge in [0.05, 0.1) is 5.02 Å². The highest BCUT2D eigenvalue weighted by Crippen LogP contribution is 2.36. The molecule has 0 saturated heterocycles. The van der Waals surface area contributed by atoms with Crippen LogP contribution in [0.4, 0.5) is 5.82 Å². The van der Waals surface area contributed by atoms with Crippen molar-refractivity contribution in [2.45, 2.75) is 38.0 Å². The fourth-order valence-corrected chi connectivity index (χ4v) is 3.39. The summed E-state index contributed by atoms with van der Waals surface area (Å²) in [5, 5.41) is 0.637. The van der Waals surface area contributed by atoms with Crippen LogP contribution in [0.5, 0.6) is 0 Å². The molecule has 1 aromatic heterocycles. The Kier molecular flexibility index (Phi) is 4.13. The van der Waals surface area contributed by atoms with Crippen LogP contribution < -0.4 is 11.6 Å². The second-order valence-electron chi connectivity index (χ2n) is 5.54. The lowest BCUT2D eigenvalue weighted by molar-refractivity contribution is 0.424. The first-order valence-corrected chi connectivity index (χ1v) is 8.33. The molecule has 1 aliphatic carbocycles. The van der Waals surface area contributed by atoms with Gasteiger partial charge in [-0.2, -0.15) is 0 Å². The van der Waals surface area contributed by atoms with Gasteiger partial charge >= 0.3 is 0 Å². The number of halogens is 2. The molecule has 0 bridgehead atoms. The SMILES string of the molecule is Nc1c(-c2ccc(Br)c(Cl)c2)nc(C2CCCCC2)n1N. The molecule has 0 aliphatic heterocycles. The molecule has 1 saturated carbocycles. The van der Waals surface area contributed by atoms with Crippen molar-refractivity contribution in [2.24, 2.45) is 0 Å². The molecule has 0 atom stereocenters. The molecule has 1 fully saturated rings. The molecule has 1 aliphatic rings. The maximum atomic E-state index is 6.16. The van der Waals surface area contributed by atoms with Gasteiger partial charge in [-0.05, 0) is 40.9 Å². The number of rotatable bonds is 2. The molecule has 1 heterocycles. The highest BCUT2D eigenvalue weighted by molar-refractivity contribution is 9.10. The van der Waals surface area contributed by atoms with Crippen LogP contribution in [0.3, 0.4) is 0 Å². The highest BCUT2D eigenvalue weighted by Gasteiger charge is 2.24. The molecule has 2 aromatic rings. The van der Waals surface area contributed by atoms with Gasteiger partial charge in [0.1, 0.15) is 11.5 Å². The second-order valence-corrected chi connectivity index (χ2v) is 6.80. The molecule has 0 unspecified atom stereocenters. The summed E-state index contributed by atoms with van der Waals surface area (Å²) in [6.07, 6.45) is 6.03.